The van der Waals surface area contributed by atoms with Gasteiger partial charge in [0.2, 0.25) is 5.43 Å². The minimum absolute atomic E-state index is 0.0107. The van der Waals surface area contributed by atoms with Gasteiger partial charge in [-0.1, -0.05) is 12.2 Å². The zero-order chi connectivity index (χ0) is 28.6. The molecule has 2 fully saturated rings. The summed E-state index contributed by atoms with van der Waals surface area (Å²) in [7, 11) is 0. The van der Waals surface area contributed by atoms with E-state index in [4.69, 9.17) is 22.1 Å². The first-order chi connectivity index (χ1) is 19.2. The number of halogens is 2. The lowest BCUT2D eigenvalue weighted by molar-refractivity contribution is 0.0695. The van der Waals surface area contributed by atoms with Crippen LogP contribution in [0.3, 0.4) is 0 Å². The standard InChI is InChI=1S/C25H24F2N6O5S2/c1-40-24(39)29-10-14-12-33(25(37)38-14)13-2-3-19(17(26)8-13)31-4-6-32(7-5-31)22-18(27)9-15-20(34)16(23(35)36)11-28-21(15)30-22/h2-3,8-9,11,14H,4-7,10,12H2,1H3,(H,29,39)(H,35,36)(H,28,30,34)/t14-/m0/s1. The molecule has 2 aromatic heterocycles. The second-order valence-corrected chi connectivity index (χ2v) is 10.6. The van der Waals surface area contributed by atoms with E-state index in [9.17, 15) is 18.8 Å². The molecule has 2 saturated heterocycles. The van der Waals surface area contributed by atoms with Crippen LogP contribution < -0.4 is 25.4 Å². The smallest absolute Gasteiger partial charge is 0.414 e. The van der Waals surface area contributed by atoms with Gasteiger partial charge in [-0.15, -0.1) is 11.8 Å². The second kappa shape index (κ2) is 11.3. The minimum Gasteiger partial charge on any atom is -0.477 e. The fourth-order valence-corrected chi connectivity index (χ4v) is 4.99. The third-order valence-corrected chi connectivity index (χ3v) is 7.89. The second-order valence-electron chi connectivity index (χ2n) is 9.13. The topological polar surface area (TPSA) is 131 Å². The predicted octanol–water partition coefficient (Wildman–Crippen LogP) is 2.79. The van der Waals surface area contributed by atoms with Crippen molar-refractivity contribution < 1.29 is 28.2 Å². The van der Waals surface area contributed by atoms with E-state index in [0.29, 0.717) is 48.4 Å². The van der Waals surface area contributed by atoms with Crippen molar-refractivity contribution in [3.05, 3.63) is 57.9 Å². The predicted molar refractivity (Wildman–Crippen MR) is 152 cm³/mol. The van der Waals surface area contributed by atoms with Crippen molar-refractivity contribution in [2.24, 2.45) is 0 Å². The summed E-state index contributed by atoms with van der Waals surface area (Å²) >= 11 is 6.48. The van der Waals surface area contributed by atoms with Crippen LogP contribution in [-0.4, -0.2) is 83.1 Å². The number of carbonyl (C=O) groups is 2. The number of carbonyl (C=O) groups excluding carboxylic acids is 1. The van der Waals surface area contributed by atoms with Crippen LogP contribution in [0.4, 0.5) is 30.8 Å². The molecule has 2 aliphatic heterocycles. The van der Waals surface area contributed by atoms with Crippen LogP contribution in [-0.2, 0) is 4.74 Å². The van der Waals surface area contributed by atoms with Gasteiger partial charge in [-0.05, 0) is 30.5 Å². The summed E-state index contributed by atoms with van der Waals surface area (Å²) in [5.41, 5.74) is -0.533. The molecule has 0 spiro atoms. The van der Waals surface area contributed by atoms with Gasteiger partial charge in [-0.2, -0.15) is 0 Å². The van der Waals surface area contributed by atoms with Crippen LogP contribution in [0.1, 0.15) is 10.4 Å². The Balaban J connectivity index is 1.25. The number of H-pyrrole nitrogens is 1. The van der Waals surface area contributed by atoms with E-state index >= 15 is 4.39 Å². The number of benzene rings is 1. The minimum atomic E-state index is -1.42. The summed E-state index contributed by atoms with van der Waals surface area (Å²) in [4.78, 5) is 47.6. The molecule has 0 aliphatic carbocycles. The average molecular weight is 591 g/mol. The fourth-order valence-electron chi connectivity index (χ4n) is 4.68. The number of piperazine rings is 1. The molecular formula is C25H24F2N6O5S2. The van der Waals surface area contributed by atoms with Gasteiger partial charge < -0.3 is 29.9 Å². The van der Waals surface area contributed by atoms with Crippen molar-refractivity contribution in [3.63, 3.8) is 0 Å². The number of pyridine rings is 2. The maximum atomic E-state index is 15.2. The number of aromatic carboxylic acids is 1. The van der Waals surface area contributed by atoms with Gasteiger partial charge in [0.15, 0.2) is 11.6 Å². The number of anilines is 3. The van der Waals surface area contributed by atoms with Crippen LogP contribution in [0.15, 0.2) is 35.3 Å². The molecule has 1 aromatic carbocycles. The van der Waals surface area contributed by atoms with Crippen LogP contribution >= 0.6 is 24.0 Å². The Morgan fingerprint density at radius 1 is 1.20 bits per heavy atom. The zero-order valence-corrected chi connectivity index (χ0v) is 22.8. The molecule has 3 aromatic rings. The Morgan fingerprint density at radius 3 is 2.60 bits per heavy atom. The van der Waals surface area contributed by atoms with Crippen LogP contribution in [0, 0.1) is 11.6 Å². The molecule has 11 nitrogen and oxygen atoms in total. The number of thiocarbonyl (C=S) groups is 1. The molecule has 15 heteroatoms. The largest absolute Gasteiger partial charge is 0.477 e. The number of nitrogens with one attached hydrogen (secondary N) is 2. The average Bonchev–Trinajstić information content (AvgIpc) is 3.32. The highest BCUT2D eigenvalue weighted by Crippen LogP contribution is 2.29. The van der Waals surface area contributed by atoms with Crippen LogP contribution in [0.2, 0.25) is 0 Å². The number of nitrogens with zero attached hydrogens (tertiary/aromatic N) is 4. The Hall–Kier alpha value is -3.98. The van der Waals surface area contributed by atoms with E-state index in [-0.39, 0.29) is 23.4 Å². The molecule has 4 heterocycles. The van der Waals surface area contributed by atoms with Gasteiger partial charge in [0.05, 0.1) is 29.9 Å². The van der Waals surface area contributed by atoms with Crippen molar-refractivity contribution in [2.75, 3.05) is 60.2 Å². The van der Waals surface area contributed by atoms with E-state index in [1.165, 1.54) is 22.7 Å². The van der Waals surface area contributed by atoms with Crippen molar-refractivity contribution in [1.82, 2.24) is 15.3 Å². The van der Waals surface area contributed by atoms with Gasteiger partial charge in [0.25, 0.3) is 0 Å². The molecule has 0 saturated carbocycles. The fraction of sp³-hybridized carbons (Fsp3) is 0.320. The van der Waals surface area contributed by atoms with Crippen molar-refractivity contribution in [1.29, 1.82) is 0 Å². The van der Waals surface area contributed by atoms with E-state index < -0.39 is 40.8 Å². The molecule has 1 atom stereocenters. The zero-order valence-electron chi connectivity index (χ0n) is 21.1. The molecule has 1 amide bonds. The van der Waals surface area contributed by atoms with Crippen molar-refractivity contribution in [3.8, 4) is 0 Å². The summed E-state index contributed by atoms with van der Waals surface area (Å²) < 4.78 is 36.1. The van der Waals surface area contributed by atoms with Gasteiger partial charge in [0.1, 0.15) is 27.5 Å². The Morgan fingerprint density at radius 2 is 1.93 bits per heavy atom. The highest BCUT2D eigenvalue weighted by molar-refractivity contribution is 8.22. The van der Waals surface area contributed by atoms with Gasteiger partial charge >= 0.3 is 12.1 Å². The third kappa shape index (κ3) is 5.38. The molecule has 40 heavy (non-hydrogen) atoms. The number of aromatic amines is 1. The molecule has 5 rings (SSSR count). The summed E-state index contributed by atoms with van der Waals surface area (Å²) in [5.74, 6) is -2.68. The number of cyclic esters (lactones) is 1. The highest BCUT2D eigenvalue weighted by atomic mass is 32.2. The maximum absolute atomic E-state index is 15.2. The summed E-state index contributed by atoms with van der Waals surface area (Å²) in [5, 5.41) is 12.0. The number of fused-ring (bicyclic) bond motifs is 1. The Bertz CT molecular complexity index is 1560. The van der Waals surface area contributed by atoms with E-state index in [1.54, 1.807) is 17.0 Å². The number of amides is 1. The lowest BCUT2D eigenvalue weighted by Gasteiger charge is -2.37. The third-order valence-electron chi connectivity index (χ3n) is 6.73. The van der Waals surface area contributed by atoms with E-state index in [1.807, 2.05) is 11.2 Å². The van der Waals surface area contributed by atoms with Gasteiger partial charge in [0, 0.05) is 32.4 Å². The summed E-state index contributed by atoms with van der Waals surface area (Å²) in [6, 6.07) is 5.52. The molecule has 0 bridgehead atoms. The van der Waals surface area contributed by atoms with Crippen molar-refractivity contribution in [2.45, 2.75) is 6.10 Å². The number of carboxylic acid groups (broad SMARTS) is 1. The van der Waals surface area contributed by atoms with Gasteiger partial charge in [-0.3, -0.25) is 9.69 Å². The Kier molecular flexibility index (Phi) is 7.76. The molecule has 2 aliphatic rings. The molecule has 0 radical (unpaired) electrons. The number of ether oxygens (including phenoxy) is 1. The molecule has 0 unspecified atom stereocenters. The SMILES string of the molecule is CSC(=S)NC[C@H]1CN(c2ccc(N3CCN(c4nc5[nH]cc(C(=O)O)c(=O)c5cc4F)CC3)c(F)c2)C(=O)O1. The first kappa shape index (κ1) is 27.6. The first-order valence-corrected chi connectivity index (χ1v) is 13.8. The number of hydrogen-bond acceptors (Lipinski definition) is 9. The normalized spacial score (nSPS) is 17.3. The number of aromatic nitrogens is 2. The summed E-state index contributed by atoms with van der Waals surface area (Å²) in [6.07, 6.45) is 1.89. The molecule has 3 N–H and O–H groups in total. The van der Waals surface area contributed by atoms with E-state index in [2.05, 4.69) is 15.3 Å². The highest BCUT2D eigenvalue weighted by Gasteiger charge is 2.33. The monoisotopic (exact) mass is 590 g/mol. The van der Waals surface area contributed by atoms with E-state index in [0.717, 1.165) is 12.3 Å². The van der Waals surface area contributed by atoms with Crippen LogP contribution in [0.5, 0.6) is 0 Å². The van der Waals surface area contributed by atoms with Gasteiger partial charge in [-0.25, -0.2) is 23.4 Å². The number of rotatable bonds is 6. The summed E-state index contributed by atoms with van der Waals surface area (Å²) in [6.45, 7) is 1.97. The van der Waals surface area contributed by atoms with Crippen LogP contribution in [0.25, 0.3) is 11.0 Å². The number of thioether (sulfide) groups is 1. The Labute approximate surface area is 236 Å². The lowest BCUT2D eigenvalue weighted by atomic mass is 10.2. The molecular weight excluding hydrogens is 566 g/mol. The lowest BCUT2D eigenvalue weighted by Crippen LogP contribution is -2.47. The van der Waals surface area contributed by atoms with Crippen molar-refractivity contribution >= 4 is 68.6 Å². The maximum Gasteiger partial charge on any atom is 0.414 e. The quantitative estimate of drug-likeness (QED) is 0.367. The number of hydrogen-bond donors (Lipinski definition) is 3. The molecule has 210 valence electrons. The first-order valence-electron chi connectivity index (χ1n) is 12.2. The number of carboxylic acids is 1.